The number of allylic oxidation sites excluding steroid dienone is 2. The van der Waals surface area contributed by atoms with Crippen LogP contribution in [0.3, 0.4) is 0 Å². The molecule has 2 aromatic heterocycles. The average molecular weight is 398 g/mol. The predicted octanol–water partition coefficient (Wildman–Crippen LogP) is 4.10. The van der Waals surface area contributed by atoms with Crippen molar-refractivity contribution in [3.63, 3.8) is 0 Å². The molecular weight excluding hydrogens is 378 g/mol. The molecule has 0 unspecified atom stereocenters. The Morgan fingerprint density at radius 1 is 1.34 bits per heavy atom. The van der Waals surface area contributed by atoms with Crippen LogP contribution in [0.25, 0.3) is 16.5 Å². The third kappa shape index (κ3) is 4.11. The van der Waals surface area contributed by atoms with Crippen molar-refractivity contribution in [1.82, 2.24) is 20.5 Å². The largest absolute Gasteiger partial charge is 0.497 e. The lowest BCUT2D eigenvalue weighted by Crippen LogP contribution is -2.23. The molecule has 0 radical (unpaired) electrons. The van der Waals surface area contributed by atoms with Gasteiger partial charge in [0.15, 0.2) is 0 Å². The van der Waals surface area contributed by atoms with Crippen molar-refractivity contribution in [2.75, 3.05) is 7.11 Å². The molecule has 0 saturated carbocycles. The van der Waals surface area contributed by atoms with Gasteiger partial charge in [-0.15, -0.1) is 0 Å². The van der Waals surface area contributed by atoms with Crippen molar-refractivity contribution in [1.29, 1.82) is 0 Å². The van der Waals surface area contributed by atoms with Gasteiger partial charge in [0.05, 0.1) is 30.4 Å². The number of pyridine rings is 1. The number of aromatic amines is 1. The molecule has 150 valence electrons. The second kappa shape index (κ2) is 7.62. The molecule has 4 rings (SSSR count). The summed E-state index contributed by atoms with van der Waals surface area (Å²) in [6, 6.07) is 7.10. The summed E-state index contributed by atoms with van der Waals surface area (Å²) in [6.07, 6.45) is 4.48. The number of H-pyrrole nitrogens is 1. The lowest BCUT2D eigenvalue weighted by molar-refractivity contribution is -0.00602. The van der Waals surface area contributed by atoms with Crippen molar-refractivity contribution in [3.05, 3.63) is 59.6 Å². The quantitative estimate of drug-likeness (QED) is 0.678. The lowest BCUT2D eigenvalue weighted by Gasteiger charge is -2.22. The molecule has 2 heterocycles. The number of hydrogen-bond donors (Lipinski definition) is 2. The van der Waals surface area contributed by atoms with E-state index in [0.717, 1.165) is 16.8 Å². The fourth-order valence-corrected chi connectivity index (χ4v) is 3.41. The van der Waals surface area contributed by atoms with Crippen molar-refractivity contribution in [3.8, 4) is 5.75 Å². The number of ether oxygens (including phenoxy) is 1. The first-order valence-corrected chi connectivity index (χ1v) is 9.27. The van der Waals surface area contributed by atoms with Crippen molar-refractivity contribution < 1.29 is 18.3 Å². The number of alkyl halides is 2. The Balaban J connectivity index is 1.66. The predicted molar refractivity (Wildman–Crippen MR) is 105 cm³/mol. The summed E-state index contributed by atoms with van der Waals surface area (Å²) < 4.78 is 32.4. The highest BCUT2D eigenvalue weighted by molar-refractivity contribution is 5.99. The Hall–Kier alpha value is -3.29. The van der Waals surface area contributed by atoms with E-state index >= 15 is 0 Å². The van der Waals surface area contributed by atoms with Crippen LogP contribution < -0.4 is 10.1 Å². The average Bonchev–Trinajstić information content (AvgIpc) is 3.24. The van der Waals surface area contributed by atoms with Crippen molar-refractivity contribution in [2.24, 2.45) is 0 Å². The maximum atomic E-state index is 13.5. The standard InChI is InChI=1S/C21H20F2N4O2/c1-29-17-9-14-8-15(20(28)25-12-16-4-7-26-27-16)11-24-19(14)18(10-17)13-2-5-21(22,23)6-3-13/h2,4,7-11H,3,5-6,12H2,1H3,(H,25,28)(H,26,27). The first-order valence-electron chi connectivity index (χ1n) is 9.27. The van der Waals surface area contributed by atoms with E-state index < -0.39 is 5.92 Å². The number of nitrogens with zero attached hydrogens (tertiary/aromatic N) is 2. The molecule has 29 heavy (non-hydrogen) atoms. The van der Waals surface area contributed by atoms with Gasteiger partial charge in [0.2, 0.25) is 0 Å². The number of halogens is 2. The van der Waals surface area contributed by atoms with E-state index in [9.17, 15) is 13.6 Å². The zero-order chi connectivity index (χ0) is 20.4. The first kappa shape index (κ1) is 19.0. The number of benzene rings is 1. The van der Waals surface area contributed by atoms with Gasteiger partial charge in [-0.25, -0.2) is 8.78 Å². The monoisotopic (exact) mass is 398 g/mol. The number of carbonyl (C=O) groups excluding carboxylic acids is 1. The van der Waals surface area contributed by atoms with E-state index in [1.165, 1.54) is 6.20 Å². The van der Waals surface area contributed by atoms with Gasteiger partial charge in [-0.3, -0.25) is 14.9 Å². The Labute approximate surface area is 166 Å². The summed E-state index contributed by atoms with van der Waals surface area (Å²) in [5, 5.41) is 10.1. The minimum Gasteiger partial charge on any atom is -0.497 e. The molecular formula is C21H20F2N4O2. The summed E-state index contributed by atoms with van der Waals surface area (Å²) in [7, 11) is 1.54. The summed E-state index contributed by atoms with van der Waals surface area (Å²) in [6.45, 7) is 0.321. The zero-order valence-electron chi connectivity index (χ0n) is 15.8. The molecule has 0 spiro atoms. The normalized spacial score (nSPS) is 15.8. The zero-order valence-corrected chi connectivity index (χ0v) is 15.8. The van der Waals surface area contributed by atoms with Crippen LogP contribution >= 0.6 is 0 Å². The molecule has 2 N–H and O–H groups in total. The van der Waals surface area contributed by atoms with E-state index in [4.69, 9.17) is 4.74 Å². The second-order valence-electron chi connectivity index (χ2n) is 7.02. The van der Waals surface area contributed by atoms with Gasteiger partial charge in [0, 0.05) is 36.2 Å². The van der Waals surface area contributed by atoms with Gasteiger partial charge in [0.25, 0.3) is 11.8 Å². The topological polar surface area (TPSA) is 79.9 Å². The summed E-state index contributed by atoms with van der Waals surface area (Å²) in [4.78, 5) is 17.0. The van der Waals surface area contributed by atoms with Gasteiger partial charge in [0.1, 0.15) is 5.75 Å². The van der Waals surface area contributed by atoms with Crippen LogP contribution in [0.2, 0.25) is 0 Å². The minimum atomic E-state index is -2.66. The maximum absolute atomic E-state index is 13.5. The number of fused-ring (bicyclic) bond motifs is 1. The maximum Gasteiger partial charge on any atom is 0.253 e. The fourth-order valence-electron chi connectivity index (χ4n) is 3.41. The molecule has 0 saturated heterocycles. The number of hydrogen-bond acceptors (Lipinski definition) is 4. The van der Waals surface area contributed by atoms with E-state index in [1.54, 1.807) is 37.6 Å². The van der Waals surface area contributed by atoms with E-state index in [0.29, 0.717) is 28.8 Å². The van der Waals surface area contributed by atoms with Crippen LogP contribution in [-0.2, 0) is 6.54 Å². The number of methoxy groups -OCH3 is 1. The van der Waals surface area contributed by atoms with Gasteiger partial charge in [-0.05, 0) is 36.3 Å². The molecule has 3 aromatic rings. The SMILES string of the molecule is COc1cc(C2=CCC(F)(F)CC2)c2ncc(C(=O)NCc3ccn[nH]3)cc2c1. The molecule has 8 heteroatoms. The first-order chi connectivity index (χ1) is 13.9. The van der Waals surface area contributed by atoms with Crippen LogP contribution in [0.4, 0.5) is 8.78 Å². The number of amides is 1. The van der Waals surface area contributed by atoms with Crippen LogP contribution in [0, 0.1) is 0 Å². The molecule has 0 fully saturated rings. The second-order valence-corrected chi connectivity index (χ2v) is 7.02. The van der Waals surface area contributed by atoms with Gasteiger partial charge in [-0.1, -0.05) is 6.08 Å². The number of carbonyl (C=O) groups is 1. The van der Waals surface area contributed by atoms with Crippen LogP contribution in [0.5, 0.6) is 5.75 Å². The Bertz CT molecular complexity index is 1080. The summed E-state index contributed by atoms with van der Waals surface area (Å²) in [5.41, 5.74) is 3.44. The molecule has 1 aromatic carbocycles. The molecule has 0 atom stereocenters. The molecule has 1 amide bonds. The van der Waals surface area contributed by atoms with Gasteiger partial charge < -0.3 is 10.1 Å². The smallest absolute Gasteiger partial charge is 0.253 e. The Morgan fingerprint density at radius 2 is 2.21 bits per heavy atom. The minimum absolute atomic E-state index is 0.189. The fraction of sp³-hybridized carbons (Fsp3) is 0.286. The summed E-state index contributed by atoms with van der Waals surface area (Å²) >= 11 is 0. The van der Waals surface area contributed by atoms with Gasteiger partial charge in [-0.2, -0.15) is 5.10 Å². The van der Waals surface area contributed by atoms with Crippen LogP contribution in [-0.4, -0.2) is 34.1 Å². The van der Waals surface area contributed by atoms with Crippen LogP contribution in [0.15, 0.2) is 42.7 Å². The Morgan fingerprint density at radius 3 is 2.90 bits per heavy atom. The molecule has 6 nitrogen and oxygen atoms in total. The van der Waals surface area contributed by atoms with Crippen molar-refractivity contribution >= 4 is 22.4 Å². The van der Waals surface area contributed by atoms with E-state index in [2.05, 4.69) is 20.5 Å². The molecule has 0 aliphatic heterocycles. The molecule has 0 bridgehead atoms. The highest BCUT2D eigenvalue weighted by Crippen LogP contribution is 2.39. The number of aromatic nitrogens is 3. The number of rotatable bonds is 5. The number of nitrogens with one attached hydrogen (secondary N) is 2. The van der Waals surface area contributed by atoms with E-state index in [-0.39, 0.29) is 25.2 Å². The van der Waals surface area contributed by atoms with E-state index in [1.807, 2.05) is 6.07 Å². The lowest BCUT2D eigenvalue weighted by atomic mass is 9.90. The van der Waals surface area contributed by atoms with Crippen LogP contribution in [0.1, 0.15) is 40.9 Å². The third-order valence-electron chi connectivity index (χ3n) is 5.01. The van der Waals surface area contributed by atoms with Crippen molar-refractivity contribution in [2.45, 2.75) is 31.7 Å². The summed E-state index contributed by atoms with van der Waals surface area (Å²) in [5.74, 6) is -2.34. The highest BCUT2D eigenvalue weighted by Gasteiger charge is 2.31. The third-order valence-corrected chi connectivity index (χ3v) is 5.01. The molecule has 1 aliphatic rings. The highest BCUT2D eigenvalue weighted by atomic mass is 19.3. The van der Waals surface area contributed by atoms with Gasteiger partial charge >= 0.3 is 0 Å². The Kier molecular flexibility index (Phi) is 5.00. The molecule has 1 aliphatic carbocycles.